The lowest BCUT2D eigenvalue weighted by atomic mass is 10.2. The molecule has 0 saturated heterocycles. The Hall–Kier alpha value is -1.39. The topological polar surface area (TPSA) is 47.1 Å². The molecule has 0 aliphatic heterocycles. The van der Waals surface area contributed by atoms with Gasteiger partial charge in [-0.1, -0.05) is 18.2 Å². The van der Waals surface area contributed by atoms with Crippen LogP contribution < -0.4 is 5.73 Å². The quantitative estimate of drug-likeness (QED) is 0.874. The number of fused-ring (bicyclic) bond motifs is 1. The highest BCUT2D eigenvalue weighted by Crippen LogP contribution is 2.18. The Bertz CT molecular complexity index is 515. The van der Waals surface area contributed by atoms with Gasteiger partial charge in [0.15, 0.2) is 0 Å². The second kappa shape index (κ2) is 5.50. The van der Waals surface area contributed by atoms with Gasteiger partial charge in [-0.25, -0.2) is 0 Å². The zero-order chi connectivity index (χ0) is 13.1. The Labute approximate surface area is 108 Å². The molecule has 0 aliphatic carbocycles. The average Bonchev–Trinajstić information content (AvgIpc) is 2.65. The van der Waals surface area contributed by atoms with Crippen LogP contribution in [0.3, 0.4) is 0 Å². The molecular weight excluding hydrogens is 224 g/mol. The maximum absolute atomic E-state index is 5.78. The summed E-state index contributed by atoms with van der Waals surface area (Å²) in [5, 5.41) is 5.84. The maximum Gasteiger partial charge on any atom is 0.0843 e. The van der Waals surface area contributed by atoms with Gasteiger partial charge in [0.2, 0.25) is 0 Å². The zero-order valence-corrected chi connectivity index (χ0v) is 11.4. The largest absolute Gasteiger partial charge is 0.328 e. The van der Waals surface area contributed by atoms with Crippen molar-refractivity contribution in [1.82, 2.24) is 14.7 Å². The SMILES string of the molecule is CC(N)CCN(C)Cc1nn(C)c2ccccc12. The Morgan fingerprint density at radius 1 is 1.39 bits per heavy atom. The predicted molar refractivity (Wildman–Crippen MR) is 75.3 cm³/mol. The summed E-state index contributed by atoms with van der Waals surface area (Å²) in [6, 6.07) is 8.61. The molecule has 0 saturated carbocycles. The van der Waals surface area contributed by atoms with E-state index in [4.69, 9.17) is 5.73 Å². The van der Waals surface area contributed by atoms with Crippen LogP contribution >= 0.6 is 0 Å². The molecule has 98 valence electrons. The molecule has 1 aromatic heterocycles. The minimum Gasteiger partial charge on any atom is -0.328 e. The minimum atomic E-state index is 0.257. The van der Waals surface area contributed by atoms with E-state index in [-0.39, 0.29) is 6.04 Å². The van der Waals surface area contributed by atoms with Crippen LogP contribution in [-0.4, -0.2) is 34.3 Å². The number of aromatic nitrogens is 2. The van der Waals surface area contributed by atoms with Gasteiger partial charge in [-0.3, -0.25) is 4.68 Å². The normalized spacial score (nSPS) is 13.4. The van der Waals surface area contributed by atoms with Crippen LogP contribution in [0.25, 0.3) is 10.9 Å². The lowest BCUT2D eigenvalue weighted by Crippen LogP contribution is -2.26. The number of para-hydroxylation sites is 1. The molecule has 0 bridgehead atoms. The molecular formula is C14H22N4. The van der Waals surface area contributed by atoms with E-state index in [1.54, 1.807) is 0 Å². The van der Waals surface area contributed by atoms with E-state index >= 15 is 0 Å². The fraction of sp³-hybridized carbons (Fsp3) is 0.500. The van der Waals surface area contributed by atoms with E-state index < -0.39 is 0 Å². The van der Waals surface area contributed by atoms with Gasteiger partial charge in [-0.2, -0.15) is 5.10 Å². The van der Waals surface area contributed by atoms with E-state index in [1.165, 1.54) is 10.9 Å². The van der Waals surface area contributed by atoms with Crippen molar-refractivity contribution in [3.8, 4) is 0 Å². The van der Waals surface area contributed by atoms with Gasteiger partial charge in [0.1, 0.15) is 0 Å². The highest BCUT2D eigenvalue weighted by atomic mass is 15.3. The standard InChI is InChI=1S/C14H22N4/c1-11(15)8-9-17(2)10-13-12-6-4-5-7-14(12)18(3)16-13/h4-7,11H,8-10,15H2,1-3H3. The van der Waals surface area contributed by atoms with E-state index in [0.717, 1.165) is 25.2 Å². The van der Waals surface area contributed by atoms with Gasteiger partial charge in [-0.05, 0) is 33.0 Å². The fourth-order valence-corrected chi connectivity index (χ4v) is 2.16. The van der Waals surface area contributed by atoms with Gasteiger partial charge in [0, 0.05) is 25.0 Å². The zero-order valence-electron chi connectivity index (χ0n) is 11.4. The van der Waals surface area contributed by atoms with Crippen molar-refractivity contribution in [2.24, 2.45) is 12.8 Å². The van der Waals surface area contributed by atoms with Crippen molar-refractivity contribution >= 4 is 10.9 Å². The summed E-state index contributed by atoms with van der Waals surface area (Å²) in [7, 11) is 4.11. The third kappa shape index (κ3) is 2.89. The minimum absolute atomic E-state index is 0.257. The molecule has 0 spiro atoms. The molecule has 2 aromatic rings. The highest BCUT2D eigenvalue weighted by molar-refractivity contribution is 5.81. The first kappa shape index (κ1) is 13.1. The molecule has 4 heteroatoms. The smallest absolute Gasteiger partial charge is 0.0843 e. The molecule has 2 N–H and O–H groups in total. The maximum atomic E-state index is 5.78. The van der Waals surface area contributed by atoms with Crippen LogP contribution in [0, 0.1) is 0 Å². The Morgan fingerprint density at radius 3 is 2.83 bits per heavy atom. The molecule has 18 heavy (non-hydrogen) atoms. The molecule has 2 rings (SSSR count). The lowest BCUT2D eigenvalue weighted by molar-refractivity contribution is 0.310. The summed E-state index contributed by atoms with van der Waals surface area (Å²) < 4.78 is 1.95. The van der Waals surface area contributed by atoms with Crippen LogP contribution in [0.5, 0.6) is 0 Å². The van der Waals surface area contributed by atoms with Crippen molar-refractivity contribution in [3.05, 3.63) is 30.0 Å². The number of hydrogen-bond donors (Lipinski definition) is 1. The third-order valence-electron chi connectivity index (χ3n) is 3.22. The second-order valence-electron chi connectivity index (χ2n) is 5.09. The molecule has 1 atom stereocenters. The first-order chi connectivity index (χ1) is 8.58. The number of benzene rings is 1. The predicted octanol–water partition coefficient (Wildman–Crippen LogP) is 1.74. The van der Waals surface area contributed by atoms with E-state index in [9.17, 15) is 0 Å². The molecule has 1 heterocycles. The Morgan fingerprint density at radius 2 is 2.11 bits per heavy atom. The van der Waals surface area contributed by atoms with Crippen molar-refractivity contribution in [1.29, 1.82) is 0 Å². The molecule has 4 nitrogen and oxygen atoms in total. The van der Waals surface area contributed by atoms with Gasteiger partial charge >= 0.3 is 0 Å². The first-order valence-electron chi connectivity index (χ1n) is 6.42. The molecule has 1 unspecified atom stereocenters. The van der Waals surface area contributed by atoms with Crippen molar-refractivity contribution < 1.29 is 0 Å². The summed E-state index contributed by atoms with van der Waals surface area (Å²) >= 11 is 0. The summed E-state index contributed by atoms with van der Waals surface area (Å²) in [5.74, 6) is 0. The molecule has 0 radical (unpaired) electrons. The van der Waals surface area contributed by atoms with Crippen LogP contribution in [0.15, 0.2) is 24.3 Å². The highest BCUT2D eigenvalue weighted by Gasteiger charge is 2.10. The Kier molecular flexibility index (Phi) is 3.99. The number of hydrogen-bond acceptors (Lipinski definition) is 3. The number of nitrogens with two attached hydrogens (primary N) is 1. The van der Waals surface area contributed by atoms with Gasteiger partial charge in [0.05, 0.1) is 11.2 Å². The number of rotatable bonds is 5. The molecule has 1 aromatic carbocycles. The van der Waals surface area contributed by atoms with E-state index in [0.29, 0.717) is 0 Å². The van der Waals surface area contributed by atoms with Crippen molar-refractivity contribution in [2.45, 2.75) is 25.9 Å². The van der Waals surface area contributed by atoms with Crippen LogP contribution in [0.1, 0.15) is 19.0 Å². The summed E-state index contributed by atoms with van der Waals surface area (Å²) in [5.41, 5.74) is 8.11. The average molecular weight is 246 g/mol. The summed E-state index contributed by atoms with van der Waals surface area (Å²) in [6.07, 6.45) is 1.02. The number of nitrogens with zero attached hydrogens (tertiary/aromatic N) is 3. The molecule has 0 fully saturated rings. The fourth-order valence-electron chi connectivity index (χ4n) is 2.16. The monoisotopic (exact) mass is 246 g/mol. The van der Waals surface area contributed by atoms with Crippen molar-refractivity contribution in [3.63, 3.8) is 0 Å². The first-order valence-corrected chi connectivity index (χ1v) is 6.42. The van der Waals surface area contributed by atoms with Gasteiger partial charge < -0.3 is 10.6 Å². The second-order valence-corrected chi connectivity index (χ2v) is 5.09. The van der Waals surface area contributed by atoms with E-state index in [1.807, 2.05) is 24.7 Å². The summed E-state index contributed by atoms with van der Waals surface area (Å²) in [6.45, 7) is 3.92. The van der Waals surface area contributed by atoms with Gasteiger partial charge in [0.25, 0.3) is 0 Å². The van der Waals surface area contributed by atoms with Crippen molar-refractivity contribution in [2.75, 3.05) is 13.6 Å². The molecule has 0 aliphatic rings. The van der Waals surface area contributed by atoms with Crippen LogP contribution in [-0.2, 0) is 13.6 Å². The Balaban J connectivity index is 2.12. The van der Waals surface area contributed by atoms with Gasteiger partial charge in [-0.15, -0.1) is 0 Å². The third-order valence-corrected chi connectivity index (χ3v) is 3.22. The van der Waals surface area contributed by atoms with Crippen LogP contribution in [0.2, 0.25) is 0 Å². The molecule has 0 amide bonds. The number of aryl methyl sites for hydroxylation is 1. The summed E-state index contributed by atoms with van der Waals surface area (Å²) in [4.78, 5) is 2.28. The van der Waals surface area contributed by atoms with Crippen LogP contribution in [0.4, 0.5) is 0 Å². The van der Waals surface area contributed by atoms with E-state index in [2.05, 4.69) is 35.2 Å². The lowest BCUT2D eigenvalue weighted by Gasteiger charge is -2.16.